The van der Waals surface area contributed by atoms with Crippen molar-refractivity contribution in [3.8, 4) is 0 Å². The molecule has 5 heteroatoms. The van der Waals surface area contributed by atoms with E-state index in [4.69, 9.17) is 0 Å². The smallest absolute Gasteiger partial charge is 0.267 e. The Morgan fingerprint density at radius 3 is 3.14 bits per heavy atom. The quantitative estimate of drug-likeness (QED) is 0.513. The summed E-state index contributed by atoms with van der Waals surface area (Å²) in [5, 5.41) is 0.977. The third-order valence-electron chi connectivity index (χ3n) is 4.63. The van der Waals surface area contributed by atoms with Crippen molar-refractivity contribution in [3.63, 3.8) is 0 Å². The molecule has 4 nitrogen and oxygen atoms in total. The van der Waals surface area contributed by atoms with E-state index in [0.29, 0.717) is 6.04 Å². The Balaban J connectivity index is 1.75. The van der Waals surface area contributed by atoms with Crippen LogP contribution in [0.1, 0.15) is 51.3 Å². The number of hydrogen-bond donors (Lipinski definition) is 1. The van der Waals surface area contributed by atoms with Crippen LogP contribution in [0.5, 0.6) is 0 Å². The van der Waals surface area contributed by atoms with Crippen LogP contribution in [0.3, 0.4) is 0 Å². The molecule has 1 N–H and O–H groups in total. The van der Waals surface area contributed by atoms with Gasteiger partial charge in [-0.1, -0.05) is 11.6 Å². The summed E-state index contributed by atoms with van der Waals surface area (Å²) in [5.74, 6) is 1.86. The lowest BCUT2D eigenvalue weighted by molar-refractivity contribution is 0.175. The molecule has 2 aliphatic rings. The highest BCUT2D eigenvalue weighted by Crippen LogP contribution is 2.40. The molecule has 2 bridgehead atoms. The minimum atomic E-state index is -0.0939. The maximum Gasteiger partial charge on any atom is 0.267 e. The van der Waals surface area contributed by atoms with Crippen molar-refractivity contribution in [2.24, 2.45) is 5.92 Å². The van der Waals surface area contributed by atoms with Gasteiger partial charge in [0.2, 0.25) is 0 Å². The zero-order chi connectivity index (χ0) is 15.5. The molecule has 0 aromatic carbocycles. The van der Waals surface area contributed by atoms with E-state index in [-0.39, 0.29) is 5.56 Å². The van der Waals surface area contributed by atoms with Crippen molar-refractivity contribution in [1.82, 2.24) is 14.9 Å². The first-order valence-corrected chi connectivity index (χ1v) is 9.21. The van der Waals surface area contributed by atoms with E-state index < -0.39 is 0 Å². The van der Waals surface area contributed by atoms with E-state index in [1.807, 2.05) is 0 Å². The van der Waals surface area contributed by atoms with Crippen molar-refractivity contribution in [3.05, 3.63) is 33.9 Å². The van der Waals surface area contributed by atoms with Gasteiger partial charge in [-0.05, 0) is 52.0 Å². The predicted molar refractivity (Wildman–Crippen MR) is 91.3 cm³/mol. The Morgan fingerprint density at radius 2 is 2.32 bits per heavy atom. The first-order valence-electron chi connectivity index (χ1n) is 8.23. The lowest BCUT2D eigenvalue weighted by Crippen LogP contribution is -2.32. The number of thioether (sulfide) groups is 1. The maximum absolute atomic E-state index is 11.7. The highest BCUT2D eigenvalue weighted by atomic mass is 32.2. The molecule has 3 atom stereocenters. The van der Waals surface area contributed by atoms with E-state index >= 15 is 0 Å². The van der Waals surface area contributed by atoms with Crippen LogP contribution in [0.15, 0.2) is 27.7 Å². The van der Waals surface area contributed by atoms with Crippen LogP contribution in [-0.2, 0) is 0 Å². The largest absolute Gasteiger partial charge is 0.314 e. The predicted octanol–water partition coefficient (Wildman–Crippen LogP) is 3.38. The summed E-state index contributed by atoms with van der Waals surface area (Å²) in [6.45, 7) is 6.62. The molecule has 2 saturated heterocycles. The van der Waals surface area contributed by atoms with Crippen molar-refractivity contribution in [2.45, 2.75) is 50.6 Å². The number of aromatic nitrogens is 2. The minimum Gasteiger partial charge on any atom is -0.314 e. The standard InChI is InChI=1S/C17H25N3OS/c1-12(2)4-3-9-22-17-16(18-10-15(21)19-17)14-6-5-13-7-8-20(14)11-13/h4,10,13-14H,3,5-9,11H2,1-2H3,(H,19,21). The Bertz CT molecular complexity index is 606. The highest BCUT2D eigenvalue weighted by Gasteiger charge is 2.36. The molecule has 120 valence electrons. The Labute approximate surface area is 136 Å². The summed E-state index contributed by atoms with van der Waals surface area (Å²) in [5.41, 5.74) is 2.33. The molecule has 3 unspecified atom stereocenters. The van der Waals surface area contributed by atoms with Crippen LogP contribution >= 0.6 is 11.8 Å². The van der Waals surface area contributed by atoms with Gasteiger partial charge in [0.15, 0.2) is 0 Å². The van der Waals surface area contributed by atoms with Gasteiger partial charge < -0.3 is 4.98 Å². The van der Waals surface area contributed by atoms with Crippen molar-refractivity contribution < 1.29 is 0 Å². The molecule has 1 aromatic rings. The molecule has 2 fully saturated rings. The minimum absolute atomic E-state index is 0.0939. The average Bonchev–Trinajstić information content (AvgIpc) is 2.86. The Morgan fingerprint density at radius 1 is 1.45 bits per heavy atom. The van der Waals surface area contributed by atoms with Gasteiger partial charge in [-0.3, -0.25) is 14.7 Å². The molecule has 0 amide bonds. The molecule has 0 saturated carbocycles. The molecule has 2 aliphatic heterocycles. The fourth-order valence-corrected chi connectivity index (χ4v) is 4.47. The van der Waals surface area contributed by atoms with Crippen LogP contribution in [0, 0.1) is 5.92 Å². The lowest BCUT2D eigenvalue weighted by Gasteiger charge is -2.32. The first-order chi connectivity index (χ1) is 10.6. The molecule has 0 radical (unpaired) electrons. The summed E-state index contributed by atoms with van der Waals surface area (Å²) in [6, 6.07) is 0.390. The van der Waals surface area contributed by atoms with E-state index in [1.165, 1.54) is 44.1 Å². The first kappa shape index (κ1) is 15.8. The van der Waals surface area contributed by atoms with E-state index in [0.717, 1.165) is 28.8 Å². The van der Waals surface area contributed by atoms with E-state index in [9.17, 15) is 4.79 Å². The van der Waals surface area contributed by atoms with E-state index in [1.54, 1.807) is 11.8 Å². The fourth-order valence-electron chi connectivity index (χ4n) is 3.52. The lowest BCUT2D eigenvalue weighted by atomic mass is 9.95. The van der Waals surface area contributed by atoms with Gasteiger partial charge in [-0.2, -0.15) is 0 Å². The number of aromatic amines is 1. The number of H-pyrrole nitrogens is 1. The zero-order valence-electron chi connectivity index (χ0n) is 13.5. The average molecular weight is 319 g/mol. The zero-order valence-corrected chi connectivity index (χ0v) is 14.3. The second-order valence-corrected chi connectivity index (χ2v) is 7.73. The van der Waals surface area contributed by atoms with Gasteiger partial charge >= 0.3 is 0 Å². The third-order valence-corrected chi connectivity index (χ3v) is 5.67. The summed E-state index contributed by atoms with van der Waals surface area (Å²) in [4.78, 5) is 21.7. The van der Waals surface area contributed by atoms with Gasteiger partial charge in [0.1, 0.15) is 0 Å². The number of hydrogen-bond acceptors (Lipinski definition) is 4. The molecule has 3 rings (SSSR count). The summed E-state index contributed by atoms with van der Waals surface area (Å²) in [6.07, 6.45) is 8.50. The van der Waals surface area contributed by atoms with Crippen molar-refractivity contribution in [2.75, 3.05) is 18.8 Å². The number of rotatable bonds is 5. The van der Waals surface area contributed by atoms with Gasteiger partial charge in [-0.25, -0.2) is 0 Å². The van der Waals surface area contributed by atoms with Gasteiger partial charge in [0.25, 0.3) is 5.56 Å². The van der Waals surface area contributed by atoms with Crippen LogP contribution in [0.25, 0.3) is 0 Å². The molecule has 1 aromatic heterocycles. The van der Waals surface area contributed by atoms with Gasteiger partial charge in [0, 0.05) is 12.3 Å². The van der Waals surface area contributed by atoms with Crippen LogP contribution in [-0.4, -0.2) is 33.7 Å². The topological polar surface area (TPSA) is 49.0 Å². The second-order valence-electron chi connectivity index (χ2n) is 6.62. The highest BCUT2D eigenvalue weighted by molar-refractivity contribution is 7.99. The molecule has 0 spiro atoms. The number of fused-ring (bicyclic) bond motifs is 2. The third kappa shape index (κ3) is 3.63. The number of nitrogens with zero attached hydrogens (tertiary/aromatic N) is 2. The van der Waals surface area contributed by atoms with Gasteiger partial charge in [0.05, 0.1) is 23.0 Å². The number of piperidine rings is 1. The maximum atomic E-state index is 11.7. The fraction of sp³-hybridized carbons (Fsp3) is 0.647. The number of nitrogens with one attached hydrogen (secondary N) is 1. The van der Waals surface area contributed by atoms with Gasteiger partial charge in [-0.15, -0.1) is 11.8 Å². The second kappa shape index (κ2) is 7.01. The molecule has 22 heavy (non-hydrogen) atoms. The Kier molecular flexibility index (Phi) is 5.03. The number of allylic oxidation sites excluding steroid dienone is 2. The van der Waals surface area contributed by atoms with Crippen molar-refractivity contribution in [1.29, 1.82) is 0 Å². The monoisotopic (exact) mass is 319 g/mol. The normalized spacial score (nSPS) is 26.9. The van der Waals surface area contributed by atoms with Crippen molar-refractivity contribution >= 4 is 11.8 Å². The SMILES string of the molecule is CC(C)=CCCSc1[nH]c(=O)cnc1C1CCC2CCN1C2. The Hall–Kier alpha value is -1.07. The molecule has 3 heterocycles. The molecular weight excluding hydrogens is 294 g/mol. The van der Waals surface area contributed by atoms with Crippen LogP contribution < -0.4 is 5.56 Å². The summed E-state index contributed by atoms with van der Waals surface area (Å²) < 4.78 is 0. The summed E-state index contributed by atoms with van der Waals surface area (Å²) in [7, 11) is 0. The van der Waals surface area contributed by atoms with E-state index in [2.05, 4.69) is 34.8 Å². The molecule has 0 aliphatic carbocycles. The molecular formula is C17H25N3OS. The summed E-state index contributed by atoms with van der Waals surface area (Å²) >= 11 is 1.73. The van der Waals surface area contributed by atoms with Crippen LogP contribution in [0.2, 0.25) is 0 Å². The van der Waals surface area contributed by atoms with Crippen LogP contribution in [0.4, 0.5) is 0 Å².